The quantitative estimate of drug-likeness (QED) is 0.266. The highest BCUT2D eigenvalue weighted by Crippen LogP contribution is 2.72. The van der Waals surface area contributed by atoms with Gasteiger partial charge in [0.25, 0.3) is 0 Å². The Kier molecular flexibility index (Phi) is 7.76. The first-order chi connectivity index (χ1) is 16.3. The first-order valence-electron chi connectivity index (χ1n) is 14.4. The molecule has 4 rings (SSSR count). The fourth-order valence-electron chi connectivity index (χ4n) is 9.83. The standard InChI is InChI=1S/C32H52OS2/c1-21(2)11-10-12-22(3)23-15-19-32(8)25-13-14-26-29(4,5)27(33-28(34)35-9)17-18-30(26,6)24(25)16-20-31(23,32)7/h11,22-23,26-27H,10,12-20H2,1-9H3/t22-,23-,26?,27?,30-,31-,32+/m1/s1. The van der Waals surface area contributed by atoms with Crippen molar-refractivity contribution < 1.29 is 4.74 Å². The second-order valence-corrected chi connectivity index (χ2v) is 15.5. The third kappa shape index (κ3) is 4.41. The molecule has 0 bridgehead atoms. The molecule has 0 aromatic rings. The Bertz CT molecular complexity index is 895. The summed E-state index contributed by atoms with van der Waals surface area (Å²) < 4.78 is 7.07. The maximum absolute atomic E-state index is 6.35. The Morgan fingerprint density at radius 3 is 2.40 bits per heavy atom. The molecule has 0 saturated heterocycles. The molecule has 2 saturated carbocycles. The van der Waals surface area contributed by atoms with Gasteiger partial charge in [0.2, 0.25) is 4.38 Å². The molecule has 0 radical (unpaired) electrons. The van der Waals surface area contributed by atoms with Crippen LogP contribution in [0.2, 0.25) is 0 Å². The Morgan fingerprint density at radius 1 is 1.03 bits per heavy atom. The molecular weight excluding hydrogens is 464 g/mol. The lowest BCUT2D eigenvalue weighted by atomic mass is 9.43. The Morgan fingerprint density at radius 2 is 1.74 bits per heavy atom. The Balaban J connectivity index is 1.61. The van der Waals surface area contributed by atoms with E-state index in [1.807, 2.05) is 17.4 Å². The van der Waals surface area contributed by atoms with Gasteiger partial charge < -0.3 is 4.74 Å². The van der Waals surface area contributed by atoms with Gasteiger partial charge in [-0.25, -0.2) is 0 Å². The van der Waals surface area contributed by atoms with Crippen LogP contribution in [0.5, 0.6) is 0 Å². The van der Waals surface area contributed by atoms with Crippen LogP contribution in [-0.2, 0) is 4.74 Å². The van der Waals surface area contributed by atoms with E-state index >= 15 is 0 Å². The predicted octanol–water partition coefficient (Wildman–Crippen LogP) is 10.2. The molecule has 0 spiro atoms. The monoisotopic (exact) mass is 516 g/mol. The molecule has 4 aliphatic rings. The molecule has 3 heteroatoms. The van der Waals surface area contributed by atoms with Crippen molar-refractivity contribution in [2.75, 3.05) is 6.26 Å². The first kappa shape index (κ1) is 27.7. The van der Waals surface area contributed by atoms with Crippen LogP contribution in [0.15, 0.2) is 22.8 Å². The van der Waals surface area contributed by atoms with Gasteiger partial charge >= 0.3 is 0 Å². The number of fused-ring (bicyclic) bond motifs is 4. The molecule has 1 nitrogen and oxygen atoms in total. The van der Waals surface area contributed by atoms with Gasteiger partial charge in [-0.15, -0.1) is 0 Å². The molecule has 0 aromatic carbocycles. The molecule has 2 unspecified atom stereocenters. The van der Waals surface area contributed by atoms with E-state index in [1.165, 1.54) is 63.4 Å². The lowest BCUT2D eigenvalue weighted by molar-refractivity contribution is -0.0877. The van der Waals surface area contributed by atoms with Crippen molar-refractivity contribution in [2.24, 2.45) is 39.4 Å². The number of rotatable bonds is 5. The zero-order valence-electron chi connectivity index (χ0n) is 24.2. The average Bonchev–Trinajstić information content (AvgIpc) is 3.06. The van der Waals surface area contributed by atoms with Crippen molar-refractivity contribution in [3.63, 3.8) is 0 Å². The number of ether oxygens (including phenoxy) is 1. The van der Waals surface area contributed by atoms with Crippen molar-refractivity contribution in [2.45, 2.75) is 126 Å². The van der Waals surface area contributed by atoms with E-state index in [9.17, 15) is 0 Å². The zero-order valence-corrected chi connectivity index (χ0v) is 25.8. The van der Waals surface area contributed by atoms with Gasteiger partial charge in [-0.1, -0.05) is 76.1 Å². The lowest BCUT2D eigenvalue weighted by Crippen LogP contribution is -2.55. The smallest absolute Gasteiger partial charge is 0.219 e. The van der Waals surface area contributed by atoms with E-state index in [0.29, 0.717) is 22.2 Å². The fourth-order valence-corrected chi connectivity index (χ4v) is 10.2. The van der Waals surface area contributed by atoms with Crippen LogP contribution in [0.1, 0.15) is 120 Å². The van der Waals surface area contributed by atoms with Crippen LogP contribution in [0.25, 0.3) is 0 Å². The molecule has 198 valence electrons. The first-order valence-corrected chi connectivity index (χ1v) is 16.1. The molecule has 2 fully saturated rings. The number of hydrogen-bond donors (Lipinski definition) is 0. The normalized spacial score (nSPS) is 40.9. The predicted molar refractivity (Wildman–Crippen MR) is 158 cm³/mol. The molecule has 4 aliphatic carbocycles. The third-order valence-corrected chi connectivity index (χ3v) is 13.0. The summed E-state index contributed by atoms with van der Waals surface area (Å²) in [4.78, 5) is 0. The van der Waals surface area contributed by atoms with Crippen LogP contribution in [0, 0.1) is 39.4 Å². The van der Waals surface area contributed by atoms with Crippen molar-refractivity contribution >= 4 is 28.4 Å². The molecular formula is C32H52OS2. The van der Waals surface area contributed by atoms with E-state index in [2.05, 4.69) is 61.5 Å². The van der Waals surface area contributed by atoms with E-state index in [0.717, 1.165) is 22.6 Å². The Labute approximate surface area is 226 Å². The summed E-state index contributed by atoms with van der Waals surface area (Å²) in [5.74, 6) is 2.37. The minimum Gasteiger partial charge on any atom is -0.475 e. The molecule has 35 heavy (non-hydrogen) atoms. The van der Waals surface area contributed by atoms with Crippen molar-refractivity contribution in [1.82, 2.24) is 0 Å². The highest BCUT2D eigenvalue weighted by atomic mass is 32.2. The summed E-state index contributed by atoms with van der Waals surface area (Å²) in [5, 5.41) is 0. The van der Waals surface area contributed by atoms with Gasteiger partial charge in [-0.3, -0.25) is 0 Å². The van der Waals surface area contributed by atoms with Gasteiger partial charge in [0.15, 0.2) is 0 Å². The highest BCUT2D eigenvalue weighted by Gasteiger charge is 2.63. The van der Waals surface area contributed by atoms with Crippen LogP contribution in [0.4, 0.5) is 0 Å². The second kappa shape index (κ2) is 9.79. The molecule has 0 heterocycles. The van der Waals surface area contributed by atoms with Crippen LogP contribution in [0.3, 0.4) is 0 Å². The molecule has 0 aromatic heterocycles. The van der Waals surface area contributed by atoms with E-state index < -0.39 is 0 Å². The number of thiocarbonyl (C=S) groups is 1. The second-order valence-electron chi connectivity index (χ2n) is 14.1. The van der Waals surface area contributed by atoms with E-state index in [4.69, 9.17) is 17.0 Å². The summed E-state index contributed by atoms with van der Waals surface area (Å²) in [6, 6.07) is 0. The molecule has 7 atom stereocenters. The van der Waals surface area contributed by atoms with Crippen molar-refractivity contribution in [3.05, 3.63) is 22.8 Å². The van der Waals surface area contributed by atoms with E-state index in [1.54, 1.807) is 11.8 Å². The Hall–Kier alpha value is -0.280. The zero-order chi connectivity index (χ0) is 25.8. The molecule has 0 aliphatic heterocycles. The van der Waals surface area contributed by atoms with Gasteiger partial charge in [-0.05, 0) is 131 Å². The van der Waals surface area contributed by atoms with Gasteiger partial charge in [0.05, 0.1) is 0 Å². The average molecular weight is 517 g/mol. The number of allylic oxidation sites excluding steroid dienone is 4. The lowest BCUT2D eigenvalue weighted by Gasteiger charge is -2.62. The largest absolute Gasteiger partial charge is 0.475 e. The number of hydrogen-bond acceptors (Lipinski definition) is 3. The topological polar surface area (TPSA) is 9.23 Å². The maximum atomic E-state index is 6.35. The molecule has 0 N–H and O–H groups in total. The van der Waals surface area contributed by atoms with Gasteiger partial charge in [0, 0.05) is 5.41 Å². The third-order valence-electron chi connectivity index (χ3n) is 12.0. The van der Waals surface area contributed by atoms with Crippen molar-refractivity contribution in [1.29, 1.82) is 0 Å². The summed E-state index contributed by atoms with van der Waals surface area (Å²) in [7, 11) is 0. The van der Waals surface area contributed by atoms with Gasteiger partial charge in [-0.2, -0.15) is 0 Å². The SMILES string of the molecule is CSC(=S)OC1CC[C@]2(C)C3=C(CCC2C1(C)C)[C@]1(C)CC[C@H]([C@H](C)CCC=C(C)C)[C@@]1(C)CC3. The van der Waals surface area contributed by atoms with Crippen LogP contribution >= 0.6 is 24.0 Å². The number of thioether (sulfide) groups is 1. The summed E-state index contributed by atoms with van der Waals surface area (Å²) in [5.41, 5.74) is 6.58. The van der Waals surface area contributed by atoms with E-state index in [-0.39, 0.29) is 11.5 Å². The van der Waals surface area contributed by atoms with Crippen molar-refractivity contribution in [3.8, 4) is 0 Å². The summed E-state index contributed by atoms with van der Waals surface area (Å²) in [6.07, 6.45) is 17.9. The summed E-state index contributed by atoms with van der Waals surface area (Å²) in [6.45, 7) is 20.0. The molecule has 0 amide bonds. The fraction of sp³-hybridized carbons (Fsp3) is 0.844. The maximum Gasteiger partial charge on any atom is 0.219 e. The minimum atomic E-state index is 0.157. The highest BCUT2D eigenvalue weighted by molar-refractivity contribution is 8.22. The van der Waals surface area contributed by atoms with Crippen LogP contribution in [-0.4, -0.2) is 16.7 Å². The minimum absolute atomic E-state index is 0.157. The van der Waals surface area contributed by atoms with Crippen LogP contribution < -0.4 is 0 Å². The summed E-state index contributed by atoms with van der Waals surface area (Å²) >= 11 is 7.06. The van der Waals surface area contributed by atoms with Gasteiger partial charge in [0.1, 0.15) is 6.10 Å².